The number of allylic oxidation sites excluding steroid dienone is 2. The standard InChI is InChI=1S/C13H22O2/c1-9-6-11(3)13(5,7-10(9)2)12(4)15-8-14/h8,11-12H,6-7H2,1-5H3/t11?,12-,13+/m1/s1. The number of carbonyl (C=O) groups is 1. The van der Waals surface area contributed by atoms with E-state index in [-0.39, 0.29) is 11.5 Å². The van der Waals surface area contributed by atoms with E-state index in [0.717, 1.165) is 12.8 Å². The van der Waals surface area contributed by atoms with Gasteiger partial charge in [-0.15, -0.1) is 0 Å². The molecule has 0 bridgehead atoms. The molecule has 1 rings (SSSR count). The lowest BCUT2D eigenvalue weighted by atomic mass is 9.64. The molecule has 2 heteroatoms. The first-order valence-electron chi connectivity index (χ1n) is 5.66. The molecular formula is C13H22O2. The molecule has 86 valence electrons. The van der Waals surface area contributed by atoms with Crippen LogP contribution in [0.4, 0.5) is 0 Å². The molecule has 0 spiro atoms. The van der Waals surface area contributed by atoms with E-state index in [4.69, 9.17) is 4.74 Å². The maximum atomic E-state index is 10.4. The summed E-state index contributed by atoms with van der Waals surface area (Å²) in [5.41, 5.74) is 3.04. The smallest absolute Gasteiger partial charge is 0.293 e. The van der Waals surface area contributed by atoms with E-state index >= 15 is 0 Å². The van der Waals surface area contributed by atoms with Gasteiger partial charge in [0.25, 0.3) is 6.47 Å². The summed E-state index contributed by atoms with van der Waals surface area (Å²) in [5.74, 6) is 0.566. The summed E-state index contributed by atoms with van der Waals surface area (Å²) in [6.45, 7) is 11.4. The second kappa shape index (κ2) is 4.38. The van der Waals surface area contributed by atoms with Gasteiger partial charge in [0, 0.05) is 5.41 Å². The highest BCUT2D eigenvalue weighted by molar-refractivity contribution is 5.37. The second-order valence-corrected chi connectivity index (χ2v) is 5.22. The molecule has 0 heterocycles. The number of rotatable bonds is 3. The summed E-state index contributed by atoms with van der Waals surface area (Å²) in [5, 5.41) is 0. The van der Waals surface area contributed by atoms with Crippen molar-refractivity contribution in [1.82, 2.24) is 0 Å². The minimum Gasteiger partial charge on any atom is -0.464 e. The van der Waals surface area contributed by atoms with E-state index in [1.54, 1.807) is 0 Å². The molecule has 3 atom stereocenters. The zero-order valence-electron chi connectivity index (χ0n) is 10.5. The summed E-state index contributed by atoms with van der Waals surface area (Å²) < 4.78 is 5.14. The van der Waals surface area contributed by atoms with Crippen LogP contribution in [-0.4, -0.2) is 12.6 Å². The van der Waals surface area contributed by atoms with Crippen LogP contribution in [0.15, 0.2) is 11.1 Å². The second-order valence-electron chi connectivity index (χ2n) is 5.22. The van der Waals surface area contributed by atoms with Gasteiger partial charge in [0.2, 0.25) is 0 Å². The van der Waals surface area contributed by atoms with Crippen LogP contribution in [0.3, 0.4) is 0 Å². The third-order valence-electron chi connectivity index (χ3n) is 4.30. The third kappa shape index (κ3) is 2.24. The lowest BCUT2D eigenvalue weighted by Crippen LogP contribution is -2.40. The Hall–Kier alpha value is -0.790. The Morgan fingerprint density at radius 2 is 2.07 bits per heavy atom. The highest BCUT2D eigenvalue weighted by Gasteiger charge is 2.40. The minimum absolute atomic E-state index is 0.00644. The Kier molecular flexibility index (Phi) is 3.58. The lowest BCUT2D eigenvalue weighted by Gasteiger charge is -2.43. The molecule has 1 unspecified atom stereocenters. The van der Waals surface area contributed by atoms with Crippen molar-refractivity contribution < 1.29 is 9.53 Å². The van der Waals surface area contributed by atoms with Crippen LogP contribution in [0, 0.1) is 11.3 Å². The molecule has 0 radical (unpaired) electrons. The molecule has 0 aromatic carbocycles. The van der Waals surface area contributed by atoms with Crippen molar-refractivity contribution in [3.8, 4) is 0 Å². The van der Waals surface area contributed by atoms with Gasteiger partial charge >= 0.3 is 0 Å². The maximum absolute atomic E-state index is 10.4. The Morgan fingerprint density at radius 1 is 1.47 bits per heavy atom. The van der Waals surface area contributed by atoms with E-state index in [9.17, 15) is 4.79 Å². The van der Waals surface area contributed by atoms with Crippen molar-refractivity contribution >= 4 is 6.47 Å². The van der Waals surface area contributed by atoms with Gasteiger partial charge in [-0.3, -0.25) is 4.79 Å². The zero-order valence-corrected chi connectivity index (χ0v) is 10.5. The van der Waals surface area contributed by atoms with Gasteiger partial charge in [0.15, 0.2) is 0 Å². The zero-order chi connectivity index (χ0) is 11.6. The lowest BCUT2D eigenvalue weighted by molar-refractivity contribution is -0.141. The van der Waals surface area contributed by atoms with Crippen molar-refractivity contribution in [2.24, 2.45) is 11.3 Å². The van der Waals surface area contributed by atoms with Crippen molar-refractivity contribution in [3.05, 3.63) is 11.1 Å². The predicted molar refractivity (Wildman–Crippen MR) is 61.5 cm³/mol. The molecule has 15 heavy (non-hydrogen) atoms. The molecule has 0 saturated heterocycles. The average molecular weight is 210 g/mol. The Labute approximate surface area is 92.7 Å². The van der Waals surface area contributed by atoms with Crippen molar-refractivity contribution in [3.63, 3.8) is 0 Å². The van der Waals surface area contributed by atoms with Crippen LogP contribution < -0.4 is 0 Å². The fourth-order valence-electron chi connectivity index (χ4n) is 2.55. The molecule has 2 nitrogen and oxygen atoms in total. The van der Waals surface area contributed by atoms with Crippen molar-refractivity contribution in [2.45, 2.75) is 53.6 Å². The molecule has 0 fully saturated rings. The van der Waals surface area contributed by atoms with Crippen LogP contribution in [-0.2, 0) is 9.53 Å². The van der Waals surface area contributed by atoms with Crippen molar-refractivity contribution in [2.75, 3.05) is 0 Å². The molecule has 0 N–H and O–H groups in total. The van der Waals surface area contributed by atoms with Crippen LogP contribution in [0.2, 0.25) is 0 Å². The maximum Gasteiger partial charge on any atom is 0.293 e. The quantitative estimate of drug-likeness (QED) is 0.527. The van der Waals surface area contributed by atoms with Crippen LogP contribution in [0.25, 0.3) is 0 Å². The largest absolute Gasteiger partial charge is 0.464 e. The molecule has 1 aliphatic rings. The molecule has 0 aliphatic heterocycles. The van der Waals surface area contributed by atoms with Gasteiger partial charge in [-0.2, -0.15) is 0 Å². The van der Waals surface area contributed by atoms with Crippen molar-refractivity contribution in [1.29, 1.82) is 0 Å². The molecular weight excluding hydrogens is 188 g/mol. The summed E-state index contributed by atoms with van der Waals surface area (Å²) in [7, 11) is 0. The first-order chi connectivity index (χ1) is 6.91. The first-order valence-corrected chi connectivity index (χ1v) is 5.66. The summed E-state index contributed by atoms with van der Waals surface area (Å²) in [6.07, 6.45) is 2.15. The predicted octanol–water partition coefficient (Wildman–Crippen LogP) is 3.32. The average Bonchev–Trinajstić information content (AvgIpc) is 2.15. The number of hydrogen-bond donors (Lipinski definition) is 0. The van der Waals surface area contributed by atoms with Crippen LogP contribution in [0.5, 0.6) is 0 Å². The number of carbonyl (C=O) groups excluding carboxylic acids is 1. The minimum atomic E-state index is -0.00644. The van der Waals surface area contributed by atoms with Crippen LogP contribution >= 0.6 is 0 Å². The summed E-state index contributed by atoms with van der Waals surface area (Å²) in [4.78, 5) is 10.4. The Bertz CT molecular complexity index is 274. The monoisotopic (exact) mass is 210 g/mol. The van der Waals surface area contributed by atoms with Gasteiger partial charge in [-0.05, 0) is 39.5 Å². The topological polar surface area (TPSA) is 26.3 Å². The summed E-state index contributed by atoms with van der Waals surface area (Å²) >= 11 is 0. The number of hydrogen-bond acceptors (Lipinski definition) is 2. The Morgan fingerprint density at radius 3 is 2.60 bits per heavy atom. The number of ether oxygens (including phenoxy) is 1. The normalized spacial score (nSPS) is 33.8. The van der Waals surface area contributed by atoms with Gasteiger partial charge in [-0.25, -0.2) is 0 Å². The van der Waals surface area contributed by atoms with Gasteiger partial charge in [0.05, 0.1) is 0 Å². The third-order valence-corrected chi connectivity index (χ3v) is 4.30. The van der Waals surface area contributed by atoms with E-state index in [2.05, 4.69) is 27.7 Å². The van der Waals surface area contributed by atoms with Crippen LogP contribution in [0.1, 0.15) is 47.5 Å². The van der Waals surface area contributed by atoms with E-state index in [1.807, 2.05) is 6.92 Å². The highest BCUT2D eigenvalue weighted by atomic mass is 16.5. The van der Waals surface area contributed by atoms with Gasteiger partial charge < -0.3 is 4.74 Å². The SMILES string of the molecule is CC1=C(C)C[C@](C)([C@@H](C)OC=O)C(C)C1. The van der Waals surface area contributed by atoms with Gasteiger partial charge in [-0.1, -0.05) is 25.0 Å². The first kappa shape index (κ1) is 12.3. The Balaban J connectivity index is 2.89. The fraction of sp³-hybridized carbons (Fsp3) is 0.769. The molecule has 0 amide bonds. The highest BCUT2D eigenvalue weighted by Crippen LogP contribution is 2.46. The molecule has 0 saturated carbocycles. The molecule has 0 aromatic rings. The van der Waals surface area contributed by atoms with Gasteiger partial charge in [0.1, 0.15) is 6.10 Å². The summed E-state index contributed by atoms with van der Waals surface area (Å²) in [6, 6.07) is 0. The van der Waals surface area contributed by atoms with E-state index in [0.29, 0.717) is 12.4 Å². The molecule has 1 aliphatic carbocycles. The van der Waals surface area contributed by atoms with E-state index in [1.165, 1.54) is 11.1 Å². The van der Waals surface area contributed by atoms with E-state index < -0.39 is 0 Å². The fourth-order valence-corrected chi connectivity index (χ4v) is 2.55. The molecule has 0 aromatic heterocycles.